The van der Waals surface area contributed by atoms with E-state index in [1.54, 1.807) is 11.3 Å². The number of thiazole rings is 1. The molecule has 0 unspecified atom stereocenters. The molecule has 0 saturated carbocycles. The molecule has 102 valence electrons. The van der Waals surface area contributed by atoms with Crippen LogP contribution >= 0.6 is 11.3 Å². The molecule has 1 heterocycles. The van der Waals surface area contributed by atoms with Gasteiger partial charge >= 0.3 is 5.97 Å². The summed E-state index contributed by atoms with van der Waals surface area (Å²) in [5.41, 5.74) is 0.802. The third-order valence-electron chi connectivity index (χ3n) is 2.41. The van der Waals surface area contributed by atoms with Gasteiger partial charge in [-0.15, -0.1) is 11.3 Å². The van der Waals surface area contributed by atoms with Crippen molar-refractivity contribution < 1.29 is 9.53 Å². The Morgan fingerprint density at radius 3 is 2.78 bits per heavy atom. The SMILES string of the molecule is CCOC(=O)Cc1csc(N(CC)CC(C)C)n1. The molecule has 0 amide bonds. The summed E-state index contributed by atoms with van der Waals surface area (Å²) in [4.78, 5) is 18.1. The molecule has 0 fully saturated rings. The lowest BCUT2D eigenvalue weighted by Crippen LogP contribution is -2.27. The summed E-state index contributed by atoms with van der Waals surface area (Å²) in [5, 5.41) is 2.93. The van der Waals surface area contributed by atoms with Crippen LogP contribution in [0.2, 0.25) is 0 Å². The van der Waals surface area contributed by atoms with E-state index in [0.717, 1.165) is 23.9 Å². The van der Waals surface area contributed by atoms with Crippen molar-refractivity contribution in [1.29, 1.82) is 0 Å². The zero-order valence-electron chi connectivity index (χ0n) is 11.6. The van der Waals surface area contributed by atoms with Crippen LogP contribution in [0.25, 0.3) is 0 Å². The van der Waals surface area contributed by atoms with Crippen molar-refractivity contribution in [3.8, 4) is 0 Å². The Hall–Kier alpha value is -1.10. The smallest absolute Gasteiger partial charge is 0.311 e. The fourth-order valence-electron chi connectivity index (χ4n) is 1.67. The zero-order chi connectivity index (χ0) is 13.5. The van der Waals surface area contributed by atoms with Gasteiger partial charge in [0.05, 0.1) is 18.7 Å². The maximum atomic E-state index is 11.4. The van der Waals surface area contributed by atoms with Crippen LogP contribution in [0, 0.1) is 5.92 Å². The second kappa shape index (κ2) is 7.36. The highest BCUT2D eigenvalue weighted by Crippen LogP contribution is 2.21. The average molecular weight is 270 g/mol. The molecule has 0 spiro atoms. The molecule has 0 radical (unpaired) electrons. The molecule has 1 aromatic rings. The summed E-state index contributed by atoms with van der Waals surface area (Å²) in [7, 11) is 0. The second-order valence-electron chi connectivity index (χ2n) is 4.54. The number of rotatable bonds is 7. The summed E-state index contributed by atoms with van der Waals surface area (Å²) in [6, 6.07) is 0. The highest BCUT2D eigenvalue weighted by molar-refractivity contribution is 7.13. The van der Waals surface area contributed by atoms with Crippen molar-refractivity contribution in [3.63, 3.8) is 0 Å². The molecule has 1 aromatic heterocycles. The molecular weight excluding hydrogens is 248 g/mol. The van der Waals surface area contributed by atoms with Gasteiger partial charge in [-0.05, 0) is 19.8 Å². The highest BCUT2D eigenvalue weighted by atomic mass is 32.1. The van der Waals surface area contributed by atoms with Crippen molar-refractivity contribution in [2.75, 3.05) is 24.6 Å². The molecule has 0 N–H and O–H groups in total. The summed E-state index contributed by atoms with van der Waals surface area (Å²) in [5.74, 6) is 0.392. The Morgan fingerprint density at radius 1 is 1.50 bits per heavy atom. The van der Waals surface area contributed by atoms with Crippen molar-refractivity contribution in [2.24, 2.45) is 5.92 Å². The quantitative estimate of drug-likeness (QED) is 0.714. The van der Waals surface area contributed by atoms with E-state index in [9.17, 15) is 4.79 Å². The number of aromatic nitrogens is 1. The lowest BCUT2D eigenvalue weighted by Gasteiger charge is -2.21. The molecule has 18 heavy (non-hydrogen) atoms. The Bertz CT molecular complexity index is 377. The van der Waals surface area contributed by atoms with Crippen molar-refractivity contribution in [3.05, 3.63) is 11.1 Å². The number of ether oxygens (including phenoxy) is 1. The number of anilines is 1. The summed E-state index contributed by atoms with van der Waals surface area (Å²) >= 11 is 1.59. The van der Waals surface area contributed by atoms with Crippen LogP contribution in [0.15, 0.2) is 5.38 Å². The molecule has 0 aliphatic heterocycles. The van der Waals surface area contributed by atoms with Crippen molar-refractivity contribution in [2.45, 2.75) is 34.1 Å². The highest BCUT2D eigenvalue weighted by Gasteiger charge is 2.13. The van der Waals surface area contributed by atoms with E-state index in [1.807, 2.05) is 12.3 Å². The molecule has 0 aliphatic rings. The Labute approximate surface area is 113 Å². The first kappa shape index (κ1) is 15.0. The third kappa shape index (κ3) is 4.64. The van der Waals surface area contributed by atoms with E-state index in [-0.39, 0.29) is 12.4 Å². The average Bonchev–Trinajstić information content (AvgIpc) is 2.74. The molecule has 0 atom stereocenters. The molecule has 0 aliphatic carbocycles. The van der Waals surface area contributed by atoms with Gasteiger partial charge in [0, 0.05) is 18.5 Å². The van der Waals surface area contributed by atoms with Gasteiger partial charge in [-0.25, -0.2) is 4.98 Å². The maximum Gasteiger partial charge on any atom is 0.311 e. The van der Waals surface area contributed by atoms with Crippen LogP contribution in [0.3, 0.4) is 0 Å². The van der Waals surface area contributed by atoms with E-state index in [1.165, 1.54) is 0 Å². The topological polar surface area (TPSA) is 42.4 Å². The largest absolute Gasteiger partial charge is 0.466 e. The van der Waals surface area contributed by atoms with Crippen LogP contribution in [-0.2, 0) is 16.0 Å². The predicted molar refractivity (Wildman–Crippen MR) is 75.2 cm³/mol. The molecule has 0 saturated heterocycles. The van der Waals surface area contributed by atoms with Crippen LogP contribution in [0.4, 0.5) is 5.13 Å². The molecule has 1 rings (SSSR count). The molecule has 4 nitrogen and oxygen atoms in total. The molecular formula is C13H22N2O2S. The van der Waals surface area contributed by atoms with E-state index in [2.05, 4.69) is 30.7 Å². The maximum absolute atomic E-state index is 11.4. The monoisotopic (exact) mass is 270 g/mol. The number of carbonyl (C=O) groups excluding carboxylic acids is 1. The van der Waals surface area contributed by atoms with E-state index in [0.29, 0.717) is 12.5 Å². The Balaban J connectivity index is 2.63. The first-order valence-electron chi connectivity index (χ1n) is 6.41. The van der Waals surface area contributed by atoms with Gasteiger partial charge in [0.2, 0.25) is 0 Å². The van der Waals surface area contributed by atoms with Gasteiger partial charge in [0.1, 0.15) is 0 Å². The Morgan fingerprint density at radius 2 is 2.22 bits per heavy atom. The number of hydrogen-bond donors (Lipinski definition) is 0. The first-order valence-corrected chi connectivity index (χ1v) is 7.29. The van der Waals surface area contributed by atoms with Crippen LogP contribution in [-0.4, -0.2) is 30.6 Å². The summed E-state index contributed by atoms with van der Waals surface area (Å²) in [6.07, 6.45) is 0.267. The van der Waals surface area contributed by atoms with Gasteiger partial charge in [-0.2, -0.15) is 0 Å². The number of esters is 1. The van der Waals surface area contributed by atoms with Gasteiger partial charge in [-0.1, -0.05) is 13.8 Å². The Kier molecular flexibility index (Phi) is 6.12. The van der Waals surface area contributed by atoms with E-state index < -0.39 is 0 Å². The zero-order valence-corrected chi connectivity index (χ0v) is 12.4. The summed E-state index contributed by atoms with van der Waals surface area (Å²) in [6.45, 7) is 10.7. The van der Waals surface area contributed by atoms with E-state index >= 15 is 0 Å². The van der Waals surface area contributed by atoms with Crippen LogP contribution in [0.5, 0.6) is 0 Å². The van der Waals surface area contributed by atoms with Crippen molar-refractivity contribution in [1.82, 2.24) is 4.98 Å². The molecule has 0 bridgehead atoms. The number of carbonyl (C=O) groups is 1. The standard InChI is InChI=1S/C13H22N2O2S/c1-5-15(8-10(3)4)13-14-11(9-18-13)7-12(16)17-6-2/h9-10H,5-8H2,1-4H3. The molecule has 0 aromatic carbocycles. The molecule has 5 heteroatoms. The first-order chi connectivity index (χ1) is 8.56. The van der Waals surface area contributed by atoms with Gasteiger partial charge in [0.25, 0.3) is 0 Å². The number of nitrogens with zero attached hydrogens (tertiary/aromatic N) is 2. The lowest BCUT2D eigenvalue weighted by atomic mass is 10.2. The normalized spacial score (nSPS) is 10.7. The van der Waals surface area contributed by atoms with Gasteiger partial charge in [-0.3, -0.25) is 4.79 Å². The second-order valence-corrected chi connectivity index (χ2v) is 5.37. The minimum atomic E-state index is -0.207. The van der Waals surface area contributed by atoms with Crippen molar-refractivity contribution >= 4 is 22.4 Å². The van der Waals surface area contributed by atoms with E-state index in [4.69, 9.17) is 4.74 Å². The number of hydrogen-bond acceptors (Lipinski definition) is 5. The van der Waals surface area contributed by atoms with Crippen LogP contribution < -0.4 is 4.90 Å². The van der Waals surface area contributed by atoms with Gasteiger partial charge < -0.3 is 9.64 Å². The minimum Gasteiger partial charge on any atom is -0.466 e. The van der Waals surface area contributed by atoms with Gasteiger partial charge in [0.15, 0.2) is 5.13 Å². The fraction of sp³-hybridized carbons (Fsp3) is 0.692. The third-order valence-corrected chi connectivity index (χ3v) is 3.36. The summed E-state index contributed by atoms with van der Waals surface area (Å²) < 4.78 is 4.92. The minimum absolute atomic E-state index is 0.207. The fourth-order valence-corrected chi connectivity index (χ4v) is 2.57. The van der Waals surface area contributed by atoms with Crippen LogP contribution in [0.1, 0.15) is 33.4 Å². The predicted octanol–water partition coefficient (Wildman–Crippen LogP) is 2.73. The lowest BCUT2D eigenvalue weighted by molar-refractivity contribution is -0.142.